The van der Waals surface area contributed by atoms with E-state index >= 15 is 0 Å². The van der Waals surface area contributed by atoms with E-state index in [9.17, 15) is 4.79 Å². The minimum Gasteiger partial charge on any atom is -0.382 e. The highest BCUT2D eigenvalue weighted by Gasteiger charge is 2.20. The summed E-state index contributed by atoms with van der Waals surface area (Å²) < 4.78 is 0. The third-order valence-electron chi connectivity index (χ3n) is 3.52. The normalized spacial score (nSPS) is 17.9. The molecule has 6 nitrogen and oxygen atoms in total. The van der Waals surface area contributed by atoms with Crippen molar-refractivity contribution in [3.8, 4) is 0 Å². The maximum Gasteiger partial charge on any atom is 0.265 e. The lowest BCUT2D eigenvalue weighted by Gasteiger charge is -2.23. The van der Waals surface area contributed by atoms with Crippen molar-refractivity contribution in [2.24, 2.45) is 0 Å². The molecule has 5 N–H and O–H groups in total. The van der Waals surface area contributed by atoms with Crippen LogP contribution in [0.2, 0.25) is 0 Å². The van der Waals surface area contributed by atoms with Gasteiger partial charge in [0.15, 0.2) is 5.13 Å². The zero-order valence-corrected chi connectivity index (χ0v) is 13.0. The summed E-state index contributed by atoms with van der Waals surface area (Å²) >= 11 is 1.27. The topological polar surface area (TPSA) is 92.1 Å². The summed E-state index contributed by atoms with van der Waals surface area (Å²) in [7, 11) is 0. The Morgan fingerprint density at radius 2 is 2.18 bits per heavy atom. The Balaban J connectivity index is 1.67. The fraction of sp³-hybridized carbons (Fsp3) is 0.333. The molecule has 1 aromatic carbocycles. The molecule has 0 saturated carbocycles. The summed E-state index contributed by atoms with van der Waals surface area (Å²) in [5, 5.41) is 10.1. The number of para-hydroxylation sites is 1. The van der Waals surface area contributed by atoms with Crippen LogP contribution < -0.4 is 21.7 Å². The van der Waals surface area contributed by atoms with Crippen LogP contribution >= 0.6 is 11.3 Å². The summed E-state index contributed by atoms with van der Waals surface area (Å²) in [6, 6.07) is 9.84. The maximum atomic E-state index is 12.3. The van der Waals surface area contributed by atoms with Crippen LogP contribution in [-0.2, 0) is 0 Å². The Hall–Kier alpha value is -2.12. The fourth-order valence-corrected chi connectivity index (χ4v) is 3.23. The highest BCUT2D eigenvalue weighted by atomic mass is 32.1. The van der Waals surface area contributed by atoms with Crippen LogP contribution in [-0.4, -0.2) is 30.0 Å². The average Bonchev–Trinajstić information content (AvgIpc) is 2.90. The third-order valence-corrected chi connectivity index (χ3v) is 4.50. The molecule has 2 heterocycles. The van der Waals surface area contributed by atoms with Crippen LogP contribution in [0.1, 0.15) is 22.5 Å². The van der Waals surface area contributed by atoms with Crippen molar-refractivity contribution in [1.82, 2.24) is 15.6 Å². The molecule has 1 atom stereocenters. The van der Waals surface area contributed by atoms with Gasteiger partial charge in [-0.15, -0.1) is 0 Å². The Morgan fingerprint density at radius 1 is 1.36 bits per heavy atom. The van der Waals surface area contributed by atoms with E-state index in [1.807, 2.05) is 30.3 Å². The molecule has 2 aromatic rings. The second-order valence-electron chi connectivity index (χ2n) is 5.24. The number of piperidine rings is 1. The molecule has 0 bridgehead atoms. The third kappa shape index (κ3) is 3.55. The van der Waals surface area contributed by atoms with Gasteiger partial charge in [-0.05, 0) is 31.5 Å². The van der Waals surface area contributed by atoms with Gasteiger partial charge in [-0.3, -0.25) is 4.79 Å². The molecule has 0 unspecified atom stereocenters. The molecule has 3 rings (SSSR count). The Labute approximate surface area is 133 Å². The molecular formula is C15H19N5OS. The summed E-state index contributed by atoms with van der Waals surface area (Å²) in [6.07, 6.45) is 2.07. The van der Waals surface area contributed by atoms with Crippen molar-refractivity contribution in [2.45, 2.75) is 18.9 Å². The van der Waals surface area contributed by atoms with Gasteiger partial charge >= 0.3 is 0 Å². The largest absolute Gasteiger partial charge is 0.382 e. The fourth-order valence-electron chi connectivity index (χ4n) is 2.42. The second-order valence-corrected chi connectivity index (χ2v) is 6.24. The number of aromatic nitrogens is 1. The number of hydrogen-bond donors (Lipinski definition) is 4. The first-order valence-electron chi connectivity index (χ1n) is 7.32. The van der Waals surface area contributed by atoms with Gasteiger partial charge in [0.25, 0.3) is 5.91 Å². The van der Waals surface area contributed by atoms with Gasteiger partial charge in [0, 0.05) is 18.3 Å². The van der Waals surface area contributed by atoms with Crippen molar-refractivity contribution in [2.75, 3.05) is 24.1 Å². The minimum absolute atomic E-state index is 0.148. The number of hydrogen-bond acceptors (Lipinski definition) is 6. The first-order chi connectivity index (χ1) is 10.7. The number of nitrogens with one attached hydrogen (secondary N) is 3. The lowest BCUT2D eigenvalue weighted by atomic mass is 10.1. The zero-order chi connectivity index (χ0) is 15.4. The number of nitrogens with zero attached hydrogens (tertiary/aromatic N) is 1. The zero-order valence-electron chi connectivity index (χ0n) is 12.1. The van der Waals surface area contributed by atoms with Gasteiger partial charge in [0.2, 0.25) is 0 Å². The highest BCUT2D eigenvalue weighted by Crippen LogP contribution is 2.27. The smallest absolute Gasteiger partial charge is 0.265 e. The number of nitrogens with two attached hydrogens (primary N) is 1. The molecular weight excluding hydrogens is 298 g/mol. The van der Waals surface area contributed by atoms with Crippen LogP contribution in [0.4, 0.5) is 16.6 Å². The Bertz CT molecular complexity index is 637. The molecule has 22 heavy (non-hydrogen) atoms. The number of anilines is 3. The molecule has 1 saturated heterocycles. The Morgan fingerprint density at radius 3 is 2.91 bits per heavy atom. The molecule has 1 aromatic heterocycles. The van der Waals surface area contributed by atoms with Crippen molar-refractivity contribution < 1.29 is 4.79 Å². The van der Waals surface area contributed by atoms with E-state index < -0.39 is 0 Å². The number of amides is 1. The molecule has 1 aliphatic rings. The van der Waals surface area contributed by atoms with Crippen LogP contribution in [0.15, 0.2) is 30.3 Å². The van der Waals surface area contributed by atoms with E-state index in [-0.39, 0.29) is 17.8 Å². The van der Waals surface area contributed by atoms with Gasteiger partial charge in [0.1, 0.15) is 10.7 Å². The van der Waals surface area contributed by atoms with Gasteiger partial charge in [-0.25, -0.2) is 4.98 Å². The predicted molar refractivity (Wildman–Crippen MR) is 89.6 cm³/mol. The first kappa shape index (κ1) is 14.8. The Kier molecular flexibility index (Phi) is 4.55. The number of thiazole rings is 1. The number of rotatable bonds is 4. The summed E-state index contributed by atoms with van der Waals surface area (Å²) in [6.45, 7) is 1.82. The molecule has 1 fully saturated rings. The molecule has 116 valence electrons. The predicted octanol–water partition coefficient (Wildman–Crippen LogP) is 1.95. The molecule has 0 radical (unpaired) electrons. The molecule has 0 spiro atoms. The van der Waals surface area contributed by atoms with Crippen LogP contribution in [0, 0.1) is 0 Å². The van der Waals surface area contributed by atoms with E-state index in [1.54, 1.807) is 0 Å². The van der Waals surface area contributed by atoms with Crippen molar-refractivity contribution >= 4 is 33.9 Å². The summed E-state index contributed by atoms with van der Waals surface area (Å²) in [4.78, 5) is 17.0. The van der Waals surface area contributed by atoms with Crippen molar-refractivity contribution in [3.05, 3.63) is 35.2 Å². The number of nitrogen functional groups attached to an aromatic ring is 1. The van der Waals surface area contributed by atoms with Gasteiger partial charge in [-0.2, -0.15) is 0 Å². The van der Waals surface area contributed by atoms with Gasteiger partial charge in [-0.1, -0.05) is 29.5 Å². The number of benzene rings is 1. The summed E-state index contributed by atoms with van der Waals surface area (Å²) in [5.41, 5.74) is 6.80. The highest BCUT2D eigenvalue weighted by molar-refractivity contribution is 7.18. The maximum absolute atomic E-state index is 12.3. The van der Waals surface area contributed by atoms with E-state index in [0.717, 1.165) is 31.6 Å². The number of carbonyl (C=O) groups excluding carboxylic acids is 1. The number of carbonyl (C=O) groups is 1. The van der Waals surface area contributed by atoms with Crippen LogP contribution in [0.5, 0.6) is 0 Å². The van der Waals surface area contributed by atoms with E-state index in [2.05, 4.69) is 20.9 Å². The van der Waals surface area contributed by atoms with Crippen LogP contribution in [0.3, 0.4) is 0 Å². The van der Waals surface area contributed by atoms with Gasteiger partial charge < -0.3 is 21.7 Å². The van der Waals surface area contributed by atoms with Gasteiger partial charge in [0.05, 0.1) is 0 Å². The quantitative estimate of drug-likeness (QED) is 0.692. The lowest BCUT2D eigenvalue weighted by Crippen LogP contribution is -2.45. The molecule has 0 aliphatic carbocycles. The van der Waals surface area contributed by atoms with E-state index in [0.29, 0.717) is 10.0 Å². The summed E-state index contributed by atoms with van der Waals surface area (Å²) in [5.74, 6) is 0.120. The molecule has 1 aliphatic heterocycles. The first-order valence-corrected chi connectivity index (χ1v) is 8.14. The van der Waals surface area contributed by atoms with E-state index in [4.69, 9.17) is 5.73 Å². The monoisotopic (exact) mass is 317 g/mol. The minimum atomic E-state index is -0.148. The SMILES string of the molecule is Nc1nc(Nc2ccccc2)sc1C(=O)N[C@H]1CCCNC1. The standard InChI is InChI=1S/C15H19N5OS/c16-13-12(14(21)18-11-7-4-8-17-9-11)22-15(20-13)19-10-5-2-1-3-6-10/h1-3,5-6,11,17H,4,7-9,16H2,(H,18,21)(H,19,20)/t11-/m0/s1. The average molecular weight is 317 g/mol. The second kappa shape index (κ2) is 6.76. The lowest BCUT2D eigenvalue weighted by molar-refractivity contribution is 0.0935. The molecule has 7 heteroatoms. The van der Waals surface area contributed by atoms with Crippen molar-refractivity contribution in [1.29, 1.82) is 0 Å². The molecule has 1 amide bonds. The van der Waals surface area contributed by atoms with Crippen molar-refractivity contribution in [3.63, 3.8) is 0 Å². The van der Waals surface area contributed by atoms with Crippen LogP contribution in [0.25, 0.3) is 0 Å². The van der Waals surface area contributed by atoms with E-state index in [1.165, 1.54) is 11.3 Å².